The molecule has 2 aromatic rings. The second kappa shape index (κ2) is 8.02. The molecule has 2 fully saturated rings. The van der Waals surface area contributed by atoms with Crippen LogP contribution in [0.25, 0.3) is 11.0 Å². The number of carbonyl (C=O) groups excluding carboxylic acids is 2. The Labute approximate surface area is 177 Å². The van der Waals surface area contributed by atoms with E-state index < -0.39 is 0 Å². The maximum atomic E-state index is 13.0. The Morgan fingerprint density at radius 1 is 1.17 bits per heavy atom. The lowest BCUT2D eigenvalue weighted by atomic mass is 9.83. The number of anilines is 1. The van der Waals surface area contributed by atoms with Gasteiger partial charge in [-0.25, -0.2) is 4.98 Å². The van der Waals surface area contributed by atoms with E-state index in [0.29, 0.717) is 31.5 Å². The maximum absolute atomic E-state index is 13.0. The first-order valence-electron chi connectivity index (χ1n) is 11.4. The van der Waals surface area contributed by atoms with E-state index in [1.807, 2.05) is 34.6 Å². The molecular weight excluding hydrogens is 378 g/mol. The molecule has 0 spiro atoms. The van der Waals surface area contributed by atoms with Crippen molar-refractivity contribution in [2.45, 2.75) is 64.6 Å². The van der Waals surface area contributed by atoms with Gasteiger partial charge in [-0.15, -0.1) is 0 Å². The van der Waals surface area contributed by atoms with E-state index in [1.54, 1.807) is 0 Å². The monoisotopic (exact) mass is 409 g/mol. The molecule has 0 aliphatic carbocycles. The van der Waals surface area contributed by atoms with Crippen LogP contribution in [0.4, 0.5) is 5.69 Å². The molecule has 3 aliphatic rings. The molecule has 2 saturated heterocycles. The van der Waals surface area contributed by atoms with Crippen LogP contribution in [-0.4, -0.2) is 56.8 Å². The van der Waals surface area contributed by atoms with Gasteiger partial charge in [-0.1, -0.05) is 13.3 Å². The van der Waals surface area contributed by atoms with Crippen molar-refractivity contribution in [3.05, 3.63) is 24.0 Å². The number of carbonyl (C=O) groups is 2. The first-order valence-corrected chi connectivity index (χ1v) is 11.4. The largest absolute Gasteiger partial charge is 0.333 e. The van der Waals surface area contributed by atoms with E-state index in [4.69, 9.17) is 4.98 Å². The zero-order chi connectivity index (χ0) is 20.7. The van der Waals surface area contributed by atoms with E-state index in [0.717, 1.165) is 29.1 Å². The number of nitrogens with one attached hydrogen (secondary N) is 1. The summed E-state index contributed by atoms with van der Waals surface area (Å²) in [6.07, 6.45) is 6.82. The molecule has 4 heterocycles. The molecule has 2 atom stereocenters. The Bertz CT molecular complexity index is 966. The third-order valence-corrected chi connectivity index (χ3v) is 7.09. The number of amides is 2. The quantitative estimate of drug-likeness (QED) is 0.843. The smallest absolute Gasteiger partial charge is 0.242 e. The van der Waals surface area contributed by atoms with E-state index in [1.165, 1.54) is 45.2 Å². The molecule has 0 unspecified atom stereocenters. The molecule has 0 saturated carbocycles. The average Bonchev–Trinajstić information content (AvgIpc) is 3.10. The van der Waals surface area contributed by atoms with E-state index >= 15 is 0 Å². The van der Waals surface area contributed by atoms with Crippen molar-refractivity contribution < 1.29 is 9.59 Å². The van der Waals surface area contributed by atoms with Crippen LogP contribution >= 0.6 is 0 Å². The second-order valence-corrected chi connectivity index (χ2v) is 9.00. The highest BCUT2D eigenvalue weighted by atomic mass is 16.2. The number of rotatable bonds is 4. The molecule has 3 aliphatic heterocycles. The van der Waals surface area contributed by atoms with Crippen molar-refractivity contribution >= 4 is 28.5 Å². The van der Waals surface area contributed by atoms with Gasteiger partial charge in [0.15, 0.2) is 0 Å². The summed E-state index contributed by atoms with van der Waals surface area (Å²) in [6, 6.07) is 6.40. The minimum Gasteiger partial charge on any atom is -0.333 e. The zero-order valence-electron chi connectivity index (χ0n) is 17.8. The fraction of sp³-hybridized carbons (Fsp3) is 0.609. The molecule has 1 aromatic carbocycles. The summed E-state index contributed by atoms with van der Waals surface area (Å²) in [7, 11) is 0. The van der Waals surface area contributed by atoms with Gasteiger partial charge in [0.1, 0.15) is 12.4 Å². The van der Waals surface area contributed by atoms with Crippen molar-refractivity contribution in [2.75, 3.05) is 25.0 Å². The maximum Gasteiger partial charge on any atom is 0.242 e. The van der Waals surface area contributed by atoms with Crippen LogP contribution < -0.4 is 5.32 Å². The van der Waals surface area contributed by atoms with Gasteiger partial charge in [-0.05, 0) is 62.9 Å². The number of hydrogen-bond acceptors (Lipinski definition) is 4. The van der Waals surface area contributed by atoms with E-state index in [-0.39, 0.29) is 11.8 Å². The molecule has 0 bridgehead atoms. The third-order valence-electron chi connectivity index (χ3n) is 7.09. The number of hydrogen-bond donors (Lipinski definition) is 1. The van der Waals surface area contributed by atoms with Crippen molar-refractivity contribution in [3.8, 4) is 0 Å². The average molecular weight is 410 g/mol. The van der Waals surface area contributed by atoms with Gasteiger partial charge < -0.3 is 19.7 Å². The molecule has 7 heteroatoms. The van der Waals surface area contributed by atoms with Crippen LogP contribution in [0.15, 0.2) is 18.2 Å². The van der Waals surface area contributed by atoms with Crippen LogP contribution in [-0.2, 0) is 22.7 Å². The SMILES string of the molecule is CCC(=O)Nc1ccc2c(c1)nc1n2CC(=O)N(C[C@H]2CCCN3CCCC[C@H]23)C1. The molecule has 30 heavy (non-hydrogen) atoms. The predicted octanol–water partition coefficient (Wildman–Crippen LogP) is 2.99. The van der Waals surface area contributed by atoms with Crippen LogP contribution in [0, 0.1) is 5.92 Å². The lowest BCUT2D eigenvalue weighted by Crippen LogP contribution is -2.52. The van der Waals surface area contributed by atoms with Gasteiger partial charge in [-0.3, -0.25) is 9.59 Å². The number of benzene rings is 1. The Morgan fingerprint density at radius 3 is 2.90 bits per heavy atom. The van der Waals surface area contributed by atoms with Crippen molar-refractivity contribution in [1.29, 1.82) is 0 Å². The predicted molar refractivity (Wildman–Crippen MR) is 116 cm³/mol. The molecular formula is C23H31N5O2. The summed E-state index contributed by atoms with van der Waals surface area (Å²) in [5.41, 5.74) is 2.56. The Kier molecular flexibility index (Phi) is 5.23. The lowest BCUT2D eigenvalue weighted by Gasteiger charge is -2.46. The highest BCUT2D eigenvalue weighted by molar-refractivity contribution is 5.93. The topological polar surface area (TPSA) is 70.5 Å². The summed E-state index contributed by atoms with van der Waals surface area (Å²) in [5.74, 6) is 1.71. The highest BCUT2D eigenvalue weighted by Gasteiger charge is 2.36. The molecule has 160 valence electrons. The van der Waals surface area contributed by atoms with Crippen molar-refractivity contribution in [1.82, 2.24) is 19.4 Å². The van der Waals surface area contributed by atoms with Crippen molar-refractivity contribution in [3.63, 3.8) is 0 Å². The Balaban J connectivity index is 1.34. The summed E-state index contributed by atoms with van der Waals surface area (Å²) in [6.45, 7) is 6.06. The van der Waals surface area contributed by atoms with Gasteiger partial charge in [-0.2, -0.15) is 0 Å². The van der Waals surface area contributed by atoms with Crippen LogP contribution in [0.3, 0.4) is 0 Å². The first-order chi connectivity index (χ1) is 14.6. The fourth-order valence-electron chi connectivity index (χ4n) is 5.54. The van der Waals surface area contributed by atoms with Gasteiger partial charge >= 0.3 is 0 Å². The minimum absolute atomic E-state index is 0.0103. The Hall–Kier alpha value is -2.41. The number of nitrogens with zero attached hydrogens (tertiary/aromatic N) is 4. The minimum atomic E-state index is -0.0103. The normalized spacial score (nSPS) is 24.6. The van der Waals surface area contributed by atoms with Gasteiger partial charge in [0.05, 0.1) is 17.6 Å². The zero-order valence-corrected chi connectivity index (χ0v) is 17.8. The molecule has 1 N–H and O–H groups in total. The third kappa shape index (κ3) is 3.60. The molecule has 0 radical (unpaired) electrons. The van der Waals surface area contributed by atoms with E-state index in [2.05, 4.69) is 10.2 Å². The second-order valence-electron chi connectivity index (χ2n) is 9.00. The standard InChI is InChI=1S/C23H31N5O2/c1-2-22(29)24-17-8-9-20-18(12-17)25-21-14-27(23(30)15-28(20)21)13-16-6-5-11-26-10-4-3-7-19(16)26/h8-9,12,16,19H,2-7,10-11,13-15H2,1H3,(H,24,29)/t16-,19-/m1/s1. The molecule has 7 nitrogen and oxygen atoms in total. The van der Waals surface area contributed by atoms with Crippen molar-refractivity contribution in [2.24, 2.45) is 5.92 Å². The summed E-state index contributed by atoms with van der Waals surface area (Å²) < 4.78 is 2.04. The molecule has 5 rings (SSSR count). The molecule has 1 aromatic heterocycles. The summed E-state index contributed by atoms with van der Waals surface area (Å²) in [4.78, 5) is 34.2. The Morgan fingerprint density at radius 2 is 2.03 bits per heavy atom. The summed E-state index contributed by atoms with van der Waals surface area (Å²) in [5, 5.41) is 2.89. The first kappa shape index (κ1) is 19.5. The van der Waals surface area contributed by atoms with Crippen LogP contribution in [0.1, 0.15) is 51.3 Å². The van der Waals surface area contributed by atoms with Crippen LogP contribution in [0.2, 0.25) is 0 Å². The van der Waals surface area contributed by atoms with Gasteiger partial charge in [0.25, 0.3) is 0 Å². The van der Waals surface area contributed by atoms with Crippen LogP contribution in [0.5, 0.6) is 0 Å². The molecule has 2 amide bonds. The number of piperidine rings is 2. The lowest BCUT2D eigenvalue weighted by molar-refractivity contribution is -0.135. The summed E-state index contributed by atoms with van der Waals surface area (Å²) >= 11 is 0. The number of fused-ring (bicyclic) bond motifs is 4. The fourth-order valence-corrected chi connectivity index (χ4v) is 5.54. The van der Waals surface area contributed by atoms with Gasteiger partial charge in [0.2, 0.25) is 11.8 Å². The number of imidazole rings is 1. The van der Waals surface area contributed by atoms with E-state index in [9.17, 15) is 9.59 Å². The number of aromatic nitrogens is 2. The highest BCUT2D eigenvalue weighted by Crippen LogP contribution is 2.32. The van der Waals surface area contributed by atoms with Gasteiger partial charge in [0, 0.05) is 24.7 Å².